The van der Waals surface area contributed by atoms with Gasteiger partial charge in [0.25, 0.3) is 0 Å². The molecule has 134 heavy (non-hydrogen) atoms. The Labute approximate surface area is 849 Å². The maximum absolute atomic E-state index is 6.03. The summed E-state index contributed by atoms with van der Waals surface area (Å²) in [5, 5.41) is 9.31. The van der Waals surface area contributed by atoms with Crippen LogP contribution >= 0.6 is 0 Å². The lowest BCUT2D eigenvalue weighted by Crippen LogP contribution is -2.48. The molecular formula is C90H190O22Si22. The fourth-order valence-electron chi connectivity index (χ4n) is 11.8. The minimum absolute atomic E-state index is 1.24. The number of hydrogen-bond donors (Lipinski definition) is 0. The molecule has 0 heterocycles. The second-order valence-corrected chi connectivity index (χ2v) is 109. The Morgan fingerprint density at radius 1 is 0.127 bits per heavy atom. The zero-order chi connectivity index (χ0) is 104. The van der Waals surface area contributed by atoms with E-state index in [2.05, 4.69) is 412 Å². The molecule has 7 aromatic carbocycles. The lowest BCUT2D eigenvalue weighted by molar-refractivity contribution is 0.339. The van der Waals surface area contributed by atoms with Gasteiger partial charge in [-0.25, -0.2) is 0 Å². The Bertz CT molecular complexity index is 3250. The zero-order valence-electron chi connectivity index (χ0n) is 92.5. The van der Waals surface area contributed by atoms with Crippen molar-refractivity contribution >= 4 is 230 Å². The predicted octanol–water partition coefficient (Wildman–Crippen LogP) is 16.6. The average molecular weight is 2240 g/mol. The van der Waals surface area contributed by atoms with E-state index in [1.807, 2.05) is 42.5 Å². The van der Waals surface area contributed by atoms with Gasteiger partial charge in [-0.1, -0.05) is 212 Å². The summed E-state index contributed by atoms with van der Waals surface area (Å²) in [5.74, 6) is 0. The monoisotopic (exact) mass is 2240 g/mol. The van der Waals surface area contributed by atoms with Crippen molar-refractivity contribution in [3.63, 3.8) is 0 Å². The zero-order valence-corrected chi connectivity index (χ0v) is 116. The molecule has 0 aromatic heterocycles. The average Bonchev–Trinajstić information content (AvgIpc) is 0.877. The fourth-order valence-corrected chi connectivity index (χ4v) is 66.0. The normalized spacial score (nSPS) is 14.4. The Hall–Kier alpha value is -1.57. The Kier molecular flexibility index (Phi) is 75.2. The lowest BCUT2D eigenvalue weighted by Gasteiger charge is -2.26. The summed E-state index contributed by atoms with van der Waals surface area (Å²) in [6.07, 6.45) is 0. The molecule has 0 aliphatic rings. The van der Waals surface area contributed by atoms with Crippen LogP contribution in [0.4, 0.5) is 0 Å². The summed E-state index contributed by atoms with van der Waals surface area (Å²) in [6, 6.07) is 73.1. The van der Waals surface area contributed by atoms with Gasteiger partial charge in [0.05, 0.1) is 0 Å². The van der Waals surface area contributed by atoms with Crippen molar-refractivity contribution in [3.05, 3.63) is 212 Å². The van der Waals surface area contributed by atoms with Crippen molar-refractivity contribution < 1.29 is 94.0 Å². The molecule has 7 rings (SSSR count). The Morgan fingerprint density at radius 3 is 0.261 bits per heavy atom. The van der Waals surface area contributed by atoms with E-state index in [0.717, 1.165) is 0 Å². The largest absolute Gasteiger partial charge is 0.438 e. The number of rotatable bonds is 40. The maximum Gasteiger partial charge on any atom is 0.307 e. The van der Waals surface area contributed by atoms with Crippen LogP contribution in [0.2, 0.25) is 242 Å². The minimum Gasteiger partial charge on any atom is -0.438 e. The SMILES string of the molecule is CO[SiH](C)O[Si](C)(C)C.CO[SiH](C)O[Si](C)(C)C.CO[SiH](C)O[Si](C)(C)C.CO[SiH](C)O[Si](C)(C)C.CO[SiH](C)O[Si](C)(C)c1ccccc1.CO[SiH](C)O[Si](C)(C)c1ccccc1.CO[SiH](C)O[Si](C)(C)c1ccccc1.CO[SiH](C)O[Si](C)(C)c1ccccc1.CO[SiH](C)O[Si](C)(C)c1ccccc1.CO[SiH](C)O[Si](C)(C)c1ccccc1.CO[SiH](C)O[Si](C)(C)c1ccccc1. The van der Waals surface area contributed by atoms with Gasteiger partial charge in [-0.3, -0.25) is 0 Å². The molecule has 0 spiro atoms. The minimum atomic E-state index is -1.73. The molecule has 770 valence electrons. The van der Waals surface area contributed by atoms with Crippen molar-refractivity contribution in [1.82, 2.24) is 0 Å². The molecule has 7 aromatic rings. The summed E-state index contributed by atoms with van der Waals surface area (Å²) in [7, 11) is -13.2. The van der Waals surface area contributed by atoms with Crippen LogP contribution < -0.4 is 36.3 Å². The molecule has 44 heteroatoms. The molecule has 0 N–H and O–H groups in total. The van der Waals surface area contributed by atoms with E-state index in [0.29, 0.717) is 0 Å². The number of hydrogen-bond acceptors (Lipinski definition) is 22. The van der Waals surface area contributed by atoms with Crippen molar-refractivity contribution in [1.29, 1.82) is 0 Å². The molecule has 11 unspecified atom stereocenters. The van der Waals surface area contributed by atoms with Crippen molar-refractivity contribution in [2.45, 2.75) is 242 Å². The molecule has 0 fully saturated rings. The first-order valence-electron chi connectivity index (χ1n) is 46.4. The van der Waals surface area contributed by atoms with Crippen LogP contribution in [0.3, 0.4) is 0 Å². The van der Waals surface area contributed by atoms with E-state index in [1.54, 1.807) is 78.2 Å². The molecule has 0 aliphatic heterocycles. The first-order valence-corrected chi connectivity index (χ1v) is 103. The quantitative estimate of drug-likeness (QED) is 0.0328. The third kappa shape index (κ3) is 72.6. The van der Waals surface area contributed by atoms with E-state index in [9.17, 15) is 0 Å². The molecule has 0 radical (unpaired) electrons. The van der Waals surface area contributed by atoms with Gasteiger partial charge < -0.3 is 94.0 Å². The van der Waals surface area contributed by atoms with Crippen molar-refractivity contribution in [2.24, 2.45) is 0 Å². The topological polar surface area (TPSA) is 203 Å². The van der Waals surface area contributed by atoms with Gasteiger partial charge in [0, 0.05) is 78.2 Å². The highest BCUT2D eigenvalue weighted by Crippen LogP contribution is 2.16. The molecule has 0 saturated heterocycles. The Balaban J connectivity index is -0.000000697. The highest BCUT2D eigenvalue weighted by Gasteiger charge is 2.34. The standard InChI is InChI=1S/7C10H18O2Si2.4C5H16O2Si2/c7*1-11-13(2)12-14(3,4)10-8-6-5-7-9-10;4*1-6-8(2)7-9(3,4)5/h7*5-9,13H,1-4H3;4*8H,1-5H3. The van der Waals surface area contributed by atoms with Crippen LogP contribution in [0.15, 0.2) is 212 Å². The van der Waals surface area contributed by atoms with Crippen LogP contribution in [0.5, 0.6) is 0 Å². The molecule has 0 amide bonds. The van der Waals surface area contributed by atoms with Gasteiger partial charge >= 0.3 is 102 Å². The van der Waals surface area contributed by atoms with Crippen LogP contribution in [-0.2, 0) is 94.0 Å². The summed E-state index contributed by atoms with van der Waals surface area (Å²) >= 11 is 0. The van der Waals surface area contributed by atoms with E-state index in [4.69, 9.17) is 94.0 Å². The number of benzene rings is 7. The molecular weight excluding hydrogens is 2050 g/mol. The molecule has 11 atom stereocenters. The smallest absolute Gasteiger partial charge is 0.307 e. The van der Waals surface area contributed by atoms with E-state index >= 15 is 0 Å². The first kappa shape index (κ1) is 139. The predicted molar refractivity (Wildman–Crippen MR) is 630 cm³/mol. The summed E-state index contributed by atoms with van der Waals surface area (Å²) in [4.78, 5) is 0. The summed E-state index contributed by atoms with van der Waals surface area (Å²) in [5.41, 5.74) is 0. The lowest BCUT2D eigenvalue weighted by atomic mass is 10.4. The van der Waals surface area contributed by atoms with Gasteiger partial charge in [0.2, 0.25) is 58.2 Å². The second kappa shape index (κ2) is 72.7. The third-order valence-corrected chi connectivity index (χ3v) is 81.0. The highest BCUT2D eigenvalue weighted by molar-refractivity contribution is 6.92. The summed E-state index contributed by atoms with van der Waals surface area (Å²) < 4.78 is 122. The van der Waals surface area contributed by atoms with Crippen LogP contribution in [0, 0.1) is 0 Å². The van der Waals surface area contributed by atoms with Gasteiger partial charge in [-0.2, -0.15) is 0 Å². The summed E-state index contributed by atoms with van der Waals surface area (Å²) in [6.45, 7) is 79.8. The van der Waals surface area contributed by atoms with Gasteiger partial charge in [-0.05, 0) is 279 Å². The highest BCUT2D eigenvalue weighted by atomic mass is 28.4. The van der Waals surface area contributed by atoms with Gasteiger partial charge in [0.1, 0.15) is 0 Å². The first-order chi connectivity index (χ1) is 61.7. The van der Waals surface area contributed by atoms with Gasteiger partial charge in [0.15, 0.2) is 33.3 Å². The molecule has 0 saturated carbocycles. The van der Waals surface area contributed by atoms with Crippen LogP contribution in [0.25, 0.3) is 0 Å². The van der Waals surface area contributed by atoms with E-state index < -0.39 is 194 Å². The van der Waals surface area contributed by atoms with Gasteiger partial charge in [-0.15, -0.1) is 0 Å². The van der Waals surface area contributed by atoms with E-state index in [1.165, 1.54) is 36.3 Å². The second-order valence-electron chi connectivity index (χ2n) is 38.7. The van der Waals surface area contributed by atoms with E-state index in [-0.39, 0.29) is 0 Å². The maximum atomic E-state index is 6.03. The Morgan fingerprint density at radius 2 is 0.201 bits per heavy atom. The molecule has 0 bridgehead atoms. The molecule has 22 nitrogen and oxygen atoms in total. The fraction of sp³-hybridized carbons (Fsp3) is 0.533. The van der Waals surface area contributed by atoms with Crippen molar-refractivity contribution in [2.75, 3.05) is 78.2 Å². The van der Waals surface area contributed by atoms with Crippen LogP contribution in [-0.4, -0.2) is 272 Å². The molecule has 0 aliphatic carbocycles. The van der Waals surface area contributed by atoms with Crippen LogP contribution in [0.1, 0.15) is 0 Å². The third-order valence-electron chi connectivity index (χ3n) is 19.2. The van der Waals surface area contributed by atoms with Crippen molar-refractivity contribution in [3.8, 4) is 0 Å².